The summed E-state index contributed by atoms with van der Waals surface area (Å²) in [4.78, 5) is 21.9. The molecular formula is C27H31N7O3S. The lowest BCUT2D eigenvalue weighted by atomic mass is 10.0. The Balaban J connectivity index is 1.41. The van der Waals surface area contributed by atoms with Crippen LogP contribution < -0.4 is 10.5 Å². The van der Waals surface area contributed by atoms with Crippen molar-refractivity contribution in [1.82, 2.24) is 24.4 Å². The van der Waals surface area contributed by atoms with Crippen molar-refractivity contribution in [2.45, 2.75) is 31.2 Å². The number of nitrogens with zero attached hydrogens (tertiary/aromatic N) is 5. The zero-order valence-corrected chi connectivity index (χ0v) is 22.7. The molecule has 2 aromatic carbocycles. The minimum Gasteiger partial charge on any atom is -0.383 e. The first-order valence-corrected chi connectivity index (χ1v) is 13.8. The van der Waals surface area contributed by atoms with Crippen molar-refractivity contribution in [3.8, 4) is 11.1 Å². The number of hydrogen-bond acceptors (Lipinski definition) is 7. The molecule has 0 spiro atoms. The van der Waals surface area contributed by atoms with Gasteiger partial charge < -0.3 is 15.5 Å². The Hall–Kier alpha value is -3.96. The smallest absolute Gasteiger partial charge is 0.261 e. The summed E-state index contributed by atoms with van der Waals surface area (Å²) in [5.74, 6) is 0.239. The second-order valence-corrected chi connectivity index (χ2v) is 11.6. The number of nitrogens with one attached hydrogen (secondary N) is 1. The average Bonchev–Trinajstić information content (AvgIpc) is 3.53. The van der Waals surface area contributed by atoms with Gasteiger partial charge in [0.1, 0.15) is 11.4 Å². The zero-order chi connectivity index (χ0) is 27.2. The van der Waals surface area contributed by atoms with Gasteiger partial charge in [0.15, 0.2) is 5.65 Å². The SMILES string of the molecule is Cc1ccc(S(=O)(=O)Nc2ccc(-c3cnc4c(C(=O)N5CCC(N(C)C)C5)cnn4c3N)c(C)c2)cc1. The van der Waals surface area contributed by atoms with E-state index in [1.165, 1.54) is 10.7 Å². The van der Waals surface area contributed by atoms with Gasteiger partial charge in [-0.3, -0.25) is 9.52 Å². The zero-order valence-electron chi connectivity index (χ0n) is 21.8. The molecule has 3 heterocycles. The first-order valence-electron chi connectivity index (χ1n) is 12.3. The minimum absolute atomic E-state index is 0.106. The van der Waals surface area contributed by atoms with E-state index < -0.39 is 10.0 Å². The maximum Gasteiger partial charge on any atom is 0.261 e. The summed E-state index contributed by atoms with van der Waals surface area (Å²) in [5, 5.41) is 4.37. The van der Waals surface area contributed by atoms with Gasteiger partial charge in [0.05, 0.1) is 11.1 Å². The van der Waals surface area contributed by atoms with Crippen LogP contribution in [0.3, 0.4) is 0 Å². The number of aromatic nitrogens is 3. The second kappa shape index (κ2) is 9.73. The molecule has 1 unspecified atom stereocenters. The molecule has 4 aromatic rings. The maximum absolute atomic E-state index is 13.2. The standard InChI is InChI=1S/C27H31N7O3S/c1-17-5-8-21(9-6-17)38(36,37)31-19-7-10-22(18(2)13-19)23-14-29-26-24(15-30-34(26)25(23)28)27(35)33-12-11-20(16-33)32(3)4/h5-10,13-15,20,31H,11-12,16,28H2,1-4H3. The number of hydrogen-bond donors (Lipinski definition) is 2. The van der Waals surface area contributed by atoms with E-state index in [4.69, 9.17) is 5.73 Å². The van der Waals surface area contributed by atoms with Gasteiger partial charge in [0, 0.05) is 36.6 Å². The second-order valence-electron chi connectivity index (χ2n) is 9.96. The lowest BCUT2D eigenvalue weighted by molar-refractivity contribution is 0.0784. The van der Waals surface area contributed by atoms with Gasteiger partial charge in [-0.05, 0) is 69.8 Å². The molecule has 0 saturated carbocycles. The van der Waals surface area contributed by atoms with E-state index in [0.717, 1.165) is 23.1 Å². The van der Waals surface area contributed by atoms with E-state index in [0.29, 0.717) is 47.4 Å². The molecule has 2 aromatic heterocycles. The Kier molecular flexibility index (Phi) is 6.58. The molecule has 1 fully saturated rings. The van der Waals surface area contributed by atoms with Crippen LogP contribution >= 0.6 is 0 Å². The lowest BCUT2D eigenvalue weighted by Crippen LogP contribution is -2.34. The van der Waals surface area contributed by atoms with Crippen LogP contribution in [-0.4, -0.2) is 71.9 Å². The summed E-state index contributed by atoms with van der Waals surface area (Å²) in [6.07, 6.45) is 4.08. The largest absolute Gasteiger partial charge is 0.383 e. The van der Waals surface area contributed by atoms with Crippen LogP contribution in [0.2, 0.25) is 0 Å². The fourth-order valence-corrected chi connectivity index (χ4v) is 5.84. The minimum atomic E-state index is -3.72. The molecule has 1 aliphatic rings. The van der Waals surface area contributed by atoms with Gasteiger partial charge >= 0.3 is 0 Å². The number of fused-ring (bicyclic) bond motifs is 1. The Morgan fingerprint density at radius 3 is 2.47 bits per heavy atom. The van der Waals surface area contributed by atoms with Gasteiger partial charge in [-0.15, -0.1) is 0 Å². The van der Waals surface area contributed by atoms with Crippen molar-refractivity contribution in [1.29, 1.82) is 0 Å². The molecule has 11 heteroatoms. The maximum atomic E-state index is 13.2. The third-order valence-corrected chi connectivity index (χ3v) is 8.47. The number of likely N-dealkylation sites (tertiary alicyclic amines) is 1. The number of benzene rings is 2. The van der Waals surface area contributed by atoms with Gasteiger partial charge in [-0.25, -0.2) is 13.4 Å². The lowest BCUT2D eigenvalue weighted by Gasteiger charge is -2.20. The summed E-state index contributed by atoms with van der Waals surface area (Å²) < 4.78 is 29.7. The highest BCUT2D eigenvalue weighted by atomic mass is 32.2. The summed E-state index contributed by atoms with van der Waals surface area (Å²) in [6, 6.07) is 12.2. The van der Waals surface area contributed by atoms with Gasteiger partial charge in [-0.1, -0.05) is 23.8 Å². The summed E-state index contributed by atoms with van der Waals surface area (Å²) in [7, 11) is 0.316. The van der Waals surface area contributed by atoms with E-state index in [1.807, 2.05) is 32.8 Å². The topological polar surface area (TPSA) is 126 Å². The first kappa shape index (κ1) is 25.7. The molecule has 0 bridgehead atoms. The van der Waals surface area contributed by atoms with Crippen molar-refractivity contribution >= 4 is 33.1 Å². The molecule has 5 rings (SSSR count). The number of likely N-dealkylation sites (N-methyl/N-ethyl adjacent to an activating group) is 1. The van der Waals surface area contributed by atoms with Crippen LogP contribution in [-0.2, 0) is 10.0 Å². The number of aryl methyl sites for hydroxylation is 2. The predicted molar refractivity (Wildman–Crippen MR) is 148 cm³/mol. The van der Waals surface area contributed by atoms with E-state index >= 15 is 0 Å². The summed E-state index contributed by atoms with van der Waals surface area (Å²) >= 11 is 0. The van der Waals surface area contributed by atoms with Gasteiger partial charge in [0.2, 0.25) is 0 Å². The number of sulfonamides is 1. The molecule has 38 heavy (non-hydrogen) atoms. The fraction of sp³-hybridized carbons (Fsp3) is 0.296. The monoisotopic (exact) mass is 533 g/mol. The van der Waals surface area contributed by atoms with Crippen LogP contribution in [0.25, 0.3) is 16.8 Å². The first-order chi connectivity index (χ1) is 18.0. The van der Waals surface area contributed by atoms with Crippen molar-refractivity contribution < 1.29 is 13.2 Å². The number of nitrogens with two attached hydrogens (primary N) is 1. The molecule has 0 radical (unpaired) electrons. The highest BCUT2D eigenvalue weighted by molar-refractivity contribution is 7.92. The van der Waals surface area contributed by atoms with E-state index in [1.54, 1.807) is 48.7 Å². The van der Waals surface area contributed by atoms with E-state index in [9.17, 15) is 13.2 Å². The Morgan fingerprint density at radius 2 is 1.82 bits per heavy atom. The number of amides is 1. The molecule has 3 N–H and O–H groups in total. The Morgan fingerprint density at radius 1 is 1.08 bits per heavy atom. The fourth-order valence-electron chi connectivity index (χ4n) is 4.79. The van der Waals surface area contributed by atoms with Crippen LogP contribution in [0.1, 0.15) is 27.9 Å². The predicted octanol–water partition coefficient (Wildman–Crippen LogP) is 3.17. The molecule has 198 valence electrons. The quantitative estimate of drug-likeness (QED) is 0.390. The van der Waals surface area contributed by atoms with Crippen molar-refractivity contribution in [2.24, 2.45) is 0 Å². The average molecular weight is 534 g/mol. The molecular weight excluding hydrogens is 502 g/mol. The van der Waals surface area contributed by atoms with Crippen LogP contribution in [0, 0.1) is 13.8 Å². The molecule has 10 nitrogen and oxygen atoms in total. The molecule has 1 amide bonds. The Bertz CT molecular complexity index is 1630. The number of rotatable bonds is 6. The van der Waals surface area contributed by atoms with Crippen molar-refractivity contribution in [3.63, 3.8) is 0 Å². The number of nitrogen functional groups attached to an aromatic ring is 1. The van der Waals surface area contributed by atoms with E-state index in [2.05, 4.69) is 19.7 Å². The molecule has 1 aliphatic heterocycles. The van der Waals surface area contributed by atoms with Crippen molar-refractivity contribution in [2.75, 3.05) is 37.6 Å². The van der Waals surface area contributed by atoms with Crippen LogP contribution in [0.4, 0.5) is 11.5 Å². The molecule has 1 saturated heterocycles. The third kappa shape index (κ3) is 4.70. The highest BCUT2D eigenvalue weighted by Gasteiger charge is 2.30. The number of carbonyl (C=O) groups is 1. The van der Waals surface area contributed by atoms with Crippen LogP contribution in [0.5, 0.6) is 0 Å². The van der Waals surface area contributed by atoms with Gasteiger partial charge in [0.25, 0.3) is 15.9 Å². The summed E-state index contributed by atoms with van der Waals surface area (Å²) in [5.41, 5.74) is 11.0. The molecule has 0 aliphatic carbocycles. The number of anilines is 2. The van der Waals surface area contributed by atoms with E-state index in [-0.39, 0.29) is 10.8 Å². The third-order valence-electron chi connectivity index (χ3n) is 7.08. The Labute approximate surface area is 222 Å². The number of carbonyl (C=O) groups excluding carboxylic acids is 1. The van der Waals surface area contributed by atoms with Crippen LogP contribution in [0.15, 0.2) is 59.8 Å². The highest BCUT2D eigenvalue weighted by Crippen LogP contribution is 2.31. The van der Waals surface area contributed by atoms with Gasteiger partial charge in [-0.2, -0.15) is 9.61 Å². The normalized spacial score (nSPS) is 15.9. The molecule has 1 atom stereocenters. The van der Waals surface area contributed by atoms with Crippen molar-refractivity contribution in [3.05, 3.63) is 71.5 Å². The summed E-state index contributed by atoms with van der Waals surface area (Å²) in [6.45, 7) is 5.12.